The van der Waals surface area contributed by atoms with E-state index in [4.69, 9.17) is 0 Å². The van der Waals surface area contributed by atoms with E-state index in [1.807, 2.05) is 0 Å². The van der Waals surface area contributed by atoms with Crippen LogP contribution in [0.3, 0.4) is 0 Å². The molecule has 0 amide bonds. The van der Waals surface area contributed by atoms with Crippen molar-refractivity contribution in [1.29, 1.82) is 0 Å². The highest BCUT2D eigenvalue weighted by molar-refractivity contribution is 6.08. The van der Waals surface area contributed by atoms with Crippen LogP contribution in [0, 0.1) is 0 Å². The third-order valence-corrected chi connectivity index (χ3v) is 13.2. The van der Waals surface area contributed by atoms with Crippen LogP contribution in [0.15, 0.2) is 200 Å². The van der Waals surface area contributed by atoms with Gasteiger partial charge in [-0.1, -0.05) is 178 Å². The molecule has 1 heteroatoms. The van der Waals surface area contributed by atoms with Gasteiger partial charge in [-0.05, 0) is 120 Å². The van der Waals surface area contributed by atoms with Gasteiger partial charge in [-0.2, -0.15) is 0 Å². The highest BCUT2D eigenvalue weighted by Crippen LogP contribution is 2.63. The molecule has 0 unspecified atom stereocenters. The molecule has 0 bridgehead atoms. The zero-order valence-electron chi connectivity index (χ0n) is 32.0. The molecular weight excluding hydrogens is 687 g/mol. The van der Waals surface area contributed by atoms with Gasteiger partial charge in [0.2, 0.25) is 0 Å². The molecule has 0 aliphatic heterocycles. The summed E-state index contributed by atoms with van der Waals surface area (Å²) in [6.07, 6.45) is 0. The van der Waals surface area contributed by atoms with E-state index >= 15 is 0 Å². The van der Waals surface area contributed by atoms with Gasteiger partial charge in [-0.25, -0.2) is 0 Å². The summed E-state index contributed by atoms with van der Waals surface area (Å²) in [5.74, 6) is 0. The second-order valence-corrected chi connectivity index (χ2v) is 16.4. The van der Waals surface area contributed by atoms with Crippen molar-refractivity contribution in [3.63, 3.8) is 0 Å². The monoisotopic (exact) mass is 725 g/mol. The van der Waals surface area contributed by atoms with Gasteiger partial charge in [-0.3, -0.25) is 0 Å². The molecule has 0 atom stereocenters. The number of fused-ring (bicyclic) bond motifs is 15. The Morgan fingerprint density at radius 3 is 1.49 bits per heavy atom. The zero-order chi connectivity index (χ0) is 37.9. The summed E-state index contributed by atoms with van der Waals surface area (Å²) in [6, 6.07) is 74.8. The minimum absolute atomic E-state index is 0.180. The van der Waals surface area contributed by atoms with Crippen LogP contribution in [0.2, 0.25) is 0 Å². The summed E-state index contributed by atoms with van der Waals surface area (Å²) in [4.78, 5) is 2.51. The molecule has 0 radical (unpaired) electrons. The maximum atomic E-state index is 2.51. The number of para-hydroxylation sites is 1. The predicted octanol–water partition coefficient (Wildman–Crippen LogP) is 14.6. The Bertz CT molecular complexity index is 3030. The normalized spacial score (nSPS) is 14.4. The average molecular weight is 726 g/mol. The first kappa shape index (κ1) is 32.3. The maximum absolute atomic E-state index is 2.51. The van der Waals surface area contributed by atoms with Crippen molar-refractivity contribution in [2.75, 3.05) is 4.90 Å². The minimum atomic E-state index is -0.420. The molecule has 0 saturated heterocycles. The Labute approximate surface area is 334 Å². The lowest BCUT2D eigenvalue weighted by atomic mass is 9.70. The largest absolute Gasteiger partial charge is 0.310 e. The Kier molecular flexibility index (Phi) is 6.67. The van der Waals surface area contributed by atoms with E-state index in [0.717, 1.165) is 11.4 Å². The van der Waals surface area contributed by atoms with E-state index in [1.165, 1.54) is 94.3 Å². The number of anilines is 3. The molecule has 0 N–H and O–H groups in total. The lowest BCUT2D eigenvalue weighted by molar-refractivity contribution is 0.666. The highest BCUT2D eigenvalue weighted by Gasteiger charge is 2.51. The van der Waals surface area contributed by atoms with Crippen LogP contribution in [-0.2, 0) is 10.8 Å². The van der Waals surface area contributed by atoms with Gasteiger partial charge in [-0.15, -0.1) is 0 Å². The summed E-state index contributed by atoms with van der Waals surface area (Å²) in [7, 11) is 0. The van der Waals surface area contributed by atoms with Gasteiger partial charge < -0.3 is 4.90 Å². The van der Waals surface area contributed by atoms with Crippen LogP contribution < -0.4 is 4.90 Å². The summed E-state index contributed by atoms with van der Waals surface area (Å²) in [6.45, 7) is 4.81. The maximum Gasteiger partial charge on any atom is 0.0726 e. The summed E-state index contributed by atoms with van der Waals surface area (Å²) >= 11 is 0. The molecule has 1 nitrogen and oxygen atoms in total. The van der Waals surface area contributed by atoms with E-state index in [2.05, 4.69) is 219 Å². The van der Waals surface area contributed by atoms with Crippen LogP contribution in [0.25, 0.3) is 55.3 Å². The lowest BCUT2D eigenvalue weighted by Gasteiger charge is -2.33. The molecule has 9 aromatic rings. The van der Waals surface area contributed by atoms with Crippen molar-refractivity contribution in [2.24, 2.45) is 0 Å². The van der Waals surface area contributed by atoms with Gasteiger partial charge in [0, 0.05) is 22.2 Å². The molecule has 1 spiro atoms. The SMILES string of the molecule is CC1(C)c2cc(-c3ccccc3)ccc2-c2cc(N(c3ccccc3)c3ccc4c(c3)C3(c5ccccc5-c5ccccc53)c3ccccc3-4)c3ccccc3c21. The van der Waals surface area contributed by atoms with Gasteiger partial charge in [0.15, 0.2) is 0 Å². The van der Waals surface area contributed by atoms with Crippen molar-refractivity contribution in [2.45, 2.75) is 24.7 Å². The first-order valence-electron chi connectivity index (χ1n) is 20.1. The van der Waals surface area contributed by atoms with Crippen molar-refractivity contribution in [3.8, 4) is 44.5 Å². The van der Waals surface area contributed by atoms with Gasteiger partial charge in [0.1, 0.15) is 0 Å². The van der Waals surface area contributed by atoms with Crippen molar-refractivity contribution in [3.05, 3.63) is 234 Å². The second kappa shape index (κ2) is 11.8. The molecule has 0 fully saturated rings. The van der Waals surface area contributed by atoms with Crippen LogP contribution in [-0.4, -0.2) is 0 Å². The van der Waals surface area contributed by atoms with Gasteiger partial charge >= 0.3 is 0 Å². The number of rotatable bonds is 4. The molecule has 3 aliphatic rings. The number of hydrogen-bond acceptors (Lipinski definition) is 1. The van der Waals surface area contributed by atoms with E-state index in [-0.39, 0.29) is 5.41 Å². The lowest BCUT2D eigenvalue weighted by Crippen LogP contribution is -2.26. The van der Waals surface area contributed by atoms with Crippen LogP contribution in [0.1, 0.15) is 47.2 Å². The molecule has 57 heavy (non-hydrogen) atoms. The fourth-order valence-corrected chi connectivity index (χ4v) is 10.9. The molecule has 0 saturated carbocycles. The first-order valence-corrected chi connectivity index (χ1v) is 20.1. The molecular formula is C56H39N. The number of benzene rings is 9. The average Bonchev–Trinajstić information content (AvgIpc) is 3.82. The standard InChI is InChI=1S/C56H39N/c1-55(2)51-33-37(36-17-5-3-6-18-36)29-31-44(51)47-35-53(45-24-9-10-25-46(45)54(47)55)57(38-19-7-4-8-20-38)39-30-32-43-42-23-13-16-28-50(42)56(52(43)34-39)48-26-14-11-21-40(48)41-22-12-15-27-49(41)56/h3-35H,1-2H3. The fourth-order valence-electron chi connectivity index (χ4n) is 10.9. The molecule has 0 heterocycles. The van der Waals surface area contributed by atoms with E-state index < -0.39 is 5.41 Å². The van der Waals surface area contributed by atoms with Crippen LogP contribution >= 0.6 is 0 Å². The fraction of sp³-hybridized carbons (Fsp3) is 0.0714. The predicted molar refractivity (Wildman–Crippen MR) is 238 cm³/mol. The summed E-state index contributed by atoms with van der Waals surface area (Å²) in [5.41, 5.74) is 21.5. The molecule has 0 aromatic heterocycles. The van der Waals surface area contributed by atoms with Gasteiger partial charge in [0.05, 0.1) is 11.1 Å². The quantitative estimate of drug-likeness (QED) is 0.175. The Morgan fingerprint density at radius 2 is 0.842 bits per heavy atom. The van der Waals surface area contributed by atoms with Crippen molar-refractivity contribution >= 4 is 27.8 Å². The Morgan fingerprint density at radius 1 is 0.333 bits per heavy atom. The topological polar surface area (TPSA) is 3.24 Å². The molecule has 3 aliphatic carbocycles. The summed E-state index contributed by atoms with van der Waals surface area (Å²) < 4.78 is 0. The van der Waals surface area contributed by atoms with E-state index in [9.17, 15) is 0 Å². The first-order chi connectivity index (χ1) is 28.0. The van der Waals surface area contributed by atoms with Crippen LogP contribution in [0.5, 0.6) is 0 Å². The van der Waals surface area contributed by atoms with Crippen LogP contribution in [0.4, 0.5) is 17.1 Å². The minimum Gasteiger partial charge on any atom is -0.310 e. The highest BCUT2D eigenvalue weighted by atomic mass is 15.1. The zero-order valence-corrected chi connectivity index (χ0v) is 32.0. The molecule has 9 aromatic carbocycles. The van der Waals surface area contributed by atoms with Gasteiger partial charge in [0.25, 0.3) is 0 Å². The molecule has 268 valence electrons. The van der Waals surface area contributed by atoms with Crippen molar-refractivity contribution in [1.82, 2.24) is 0 Å². The number of hydrogen-bond donors (Lipinski definition) is 0. The summed E-state index contributed by atoms with van der Waals surface area (Å²) in [5, 5.41) is 2.55. The van der Waals surface area contributed by atoms with E-state index in [0.29, 0.717) is 0 Å². The second-order valence-electron chi connectivity index (χ2n) is 16.4. The molecule has 12 rings (SSSR count). The third kappa shape index (κ3) is 4.29. The van der Waals surface area contributed by atoms with Crippen molar-refractivity contribution < 1.29 is 0 Å². The number of nitrogens with zero attached hydrogens (tertiary/aromatic N) is 1. The Balaban J connectivity index is 1.13. The smallest absolute Gasteiger partial charge is 0.0726 e. The van der Waals surface area contributed by atoms with E-state index in [1.54, 1.807) is 0 Å². The third-order valence-electron chi connectivity index (χ3n) is 13.2. The Hall–Kier alpha value is -6.96.